The predicted octanol–water partition coefficient (Wildman–Crippen LogP) is -0.160. The van der Waals surface area contributed by atoms with E-state index >= 15 is 0 Å². The number of benzene rings is 2. The molecule has 0 heterocycles. The maximum atomic E-state index is 5.88. The Hall–Kier alpha value is -1.09. The molecule has 0 aliphatic heterocycles. The Morgan fingerprint density at radius 1 is 0.875 bits per heavy atom. The molecule has 0 bridgehead atoms. The summed E-state index contributed by atoms with van der Waals surface area (Å²) in [5.41, 5.74) is 7.70. The molecule has 16 heavy (non-hydrogen) atoms. The van der Waals surface area contributed by atoms with E-state index in [0.29, 0.717) is 5.84 Å². The van der Waals surface area contributed by atoms with Gasteiger partial charge >= 0.3 is 29.6 Å². The third-order valence-corrected chi connectivity index (χ3v) is 2.08. The maximum Gasteiger partial charge on any atom is 1.00 e. The first-order valence-electron chi connectivity index (χ1n) is 4.81. The van der Waals surface area contributed by atoms with Gasteiger partial charge in [-0.2, -0.15) is 0 Å². The SMILES string of the molecule is NC(=Nc1ccccc1)c1ccccc1.[H-].[Na+]. The molecule has 0 fully saturated rings. The molecule has 3 heteroatoms. The Morgan fingerprint density at radius 3 is 1.94 bits per heavy atom. The van der Waals surface area contributed by atoms with Crippen LogP contribution in [0.15, 0.2) is 65.7 Å². The molecule has 0 aromatic heterocycles. The van der Waals surface area contributed by atoms with Gasteiger partial charge in [0, 0.05) is 5.56 Å². The number of nitrogens with zero attached hydrogens (tertiary/aromatic N) is 1. The average molecular weight is 220 g/mol. The zero-order valence-corrected chi connectivity index (χ0v) is 11.3. The first-order valence-corrected chi connectivity index (χ1v) is 4.81. The van der Waals surface area contributed by atoms with E-state index in [9.17, 15) is 0 Å². The van der Waals surface area contributed by atoms with E-state index in [4.69, 9.17) is 5.73 Å². The number of amidine groups is 1. The molecular formula is C13H13N2Na. The van der Waals surface area contributed by atoms with Gasteiger partial charge in [-0.15, -0.1) is 0 Å². The van der Waals surface area contributed by atoms with Crippen molar-refractivity contribution in [3.8, 4) is 0 Å². The molecule has 2 nitrogen and oxygen atoms in total. The summed E-state index contributed by atoms with van der Waals surface area (Å²) < 4.78 is 0. The number of hydrogen-bond donors (Lipinski definition) is 1. The molecule has 0 atom stereocenters. The van der Waals surface area contributed by atoms with Crippen molar-refractivity contribution in [2.75, 3.05) is 0 Å². The summed E-state index contributed by atoms with van der Waals surface area (Å²) in [5, 5.41) is 0. The Balaban J connectivity index is 0.00000128. The van der Waals surface area contributed by atoms with E-state index in [1.54, 1.807) is 0 Å². The molecule has 0 aliphatic carbocycles. The molecule has 0 saturated carbocycles. The van der Waals surface area contributed by atoms with E-state index in [1.165, 1.54) is 0 Å². The second-order valence-electron chi connectivity index (χ2n) is 3.20. The monoisotopic (exact) mass is 220 g/mol. The largest absolute Gasteiger partial charge is 1.00 e. The fraction of sp³-hybridized carbons (Fsp3) is 0. The number of nitrogens with two attached hydrogens (primary N) is 1. The van der Waals surface area contributed by atoms with Crippen LogP contribution in [0.3, 0.4) is 0 Å². The zero-order chi connectivity index (χ0) is 10.5. The van der Waals surface area contributed by atoms with Crippen molar-refractivity contribution in [2.45, 2.75) is 0 Å². The van der Waals surface area contributed by atoms with Crippen LogP contribution in [0.2, 0.25) is 0 Å². The van der Waals surface area contributed by atoms with Gasteiger partial charge < -0.3 is 7.16 Å². The van der Waals surface area contributed by atoms with Crippen molar-refractivity contribution in [1.82, 2.24) is 0 Å². The minimum atomic E-state index is 0. The second kappa shape index (κ2) is 6.48. The van der Waals surface area contributed by atoms with Crippen LogP contribution >= 0.6 is 0 Å². The third kappa shape index (κ3) is 3.49. The van der Waals surface area contributed by atoms with Gasteiger partial charge in [0.1, 0.15) is 5.84 Å². The fourth-order valence-corrected chi connectivity index (χ4v) is 1.32. The Labute approximate surface area is 119 Å². The number of para-hydroxylation sites is 1. The van der Waals surface area contributed by atoms with Crippen LogP contribution in [0.25, 0.3) is 0 Å². The van der Waals surface area contributed by atoms with Crippen molar-refractivity contribution < 1.29 is 31.0 Å². The van der Waals surface area contributed by atoms with Gasteiger partial charge in [0.15, 0.2) is 0 Å². The maximum absolute atomic E-state index is 5.88. The van der Waals surface area contributed by atoms with E-state index in [-0.39, 0.29) is 31.0 Å². The van der Waals surface area contributed by atoms with Crippen LogP contribution < -0.4 is 35.3 Å². The van der Waals surface area contributed by atoms with Gasteiger partial charge in [0.25, 0.3) is 0 Å². The van der Waals surface area contributed by atoms with Crippen molar-refractivity contribution in [3.63, 3.8) is 0 Å². The number of aliphatic imine (C=N–C) groups is 1. The topological polar surface area (TPSA) is 38.4 Å². The second-order valence-corrected chi connectivity index (χ2v) is 3.20. The normalized spacial score (nSPS) is 10.6. The van der Waals surface area contributed by atoms with Crippen LogP contribution in [0.5, 0.6) is 0 Å². The third-order valence-electron chi connectivity index (χ3n) is 2.08. The van der Waals surface area contributed by atoms with E-state index in [1.807, 2.05) is 60.7 Å². The summed E-state index contributed by atoms with van der Waals surface area (Å²) in [4.78, 5) is 4.32. The van der Waals surface area contributed by atoms with E-state index < -0.39 is 0 Å². The summed E-state index contributed by atoms with van der Waals surface area (Å²) in [6.45, 7) is 0. The molecule has 2 N–H and O–H groups in total. The standard InChI is InChI=1S/C13H12N2.Na.H/c14-13(11-7-3-1-4-8-11)15-12-9-5-2-6-10-12;;/h1-10H,(H2,14,15);;/q;+1;-1. The van der Waals surface area contributed by atoms with Crippen LogP contribution in [0.4, 0.5) is 5.69 Å². The predicted molar refractivity (Wildman–Crippen MR) is 64.4 cm³/mol. The molecule has 0 saturated heterocycles. The number of hydrogen-bond acceptors (Lipinski definition) is 1. The van der Waals surface area contributed by atoms with E-state index in [2.05, 4.69) is 4.99 Å². The molecule has 0 spiro atoms. The Kier molecular flexibility index (Phi) is 5.26. The number of rotatable bonds is 2. The summed E-state index contributed by atoms with van der Waals surface area (Å²) >= 11 is 0. The van der Waals surface area contributed by atoms with Crippen LogP contribution in [0.1, 0.15) is 6.99 Å². The zero-order valence-electron chi connectivity index (χ0n) is 10.3. The van der Waals surface area contributed by atoms with Crippen molar-refractivity contribution in [2.24, 2.45) is 10.7 Å². The molecular weight excluding hydrogens is 207 g/mol. The van der Waals surface area contributed by atoms with Crippen LogP contribution in [-0.2, 0) is 0 Å². The summed E-state index contributed by atoms with van der Waals surface area (Å²) in [7, 11) is 0. The minimum absolute atomic E-state index is 0. The quantitative estimate of drug-likeness (QED) is 0.426. The minimum Gasteiger partial charge on any atom is -1.00 e. The summed E-state index contributed by atoms with van der Waals surface area (Å²) in [6.07, 6.45) is 0. The summed E-state index contributed by atoms with van der Waals surface area (Å²) in [6, 6.07) is 19.4. The van der Waals surface area contributed by atoms with Crippen molar-refractivity contribution in [3.05, 3.63) is 66.2 Å². The van der Waals surface area contributed by atoms with Gasteiger partial charge in [-0.25, -0.2) is 4.99 Å². The van der Waals surface area contributed by atoms with Gasteiger partial charge in [-0.3, -0.25) is 0 Å². The molecule has 2 aromatic rings. The summed E-state index contributed by atoms with van der Waals surface area (Å²) in [5.74, 6) is 0.543. The first kappa shape index (κ1) is 13.0. The fourth-order valence-electron chi connectivity index (χ4n) is 1.32. The van der Waals surface area contributed by atoms with Crippen molar-refractivity contribution in [1.29, 1.82) is 0 Å². The van der Waals surface area contributed by atoms with Gasteiger partial charge in [0.2, 0.25) is 0 Å². The molecule has 0 amide bonds. The molecule has 0 radical (unpaired) electrons. The van der Waals surface area contributed by atoms with E-state index in [0.717, 1.165) is 11.3 Å². The molecule has 2 aromatic carbocycles. The van der Waals surface area contributed by atoms with Gasteiger partial charge in [-0.05, 0) is 12.1 Å². The average Bonchev–Trinajstić information content (AvgIpc) is 2.31. The molecule has 2 rings (SSSR count). The van der Waals surface area contributed by atoms with Crippen LogP contribution in [0, 0.1) is 0 Å². The van der Waals surface area contributed by atoms with Gasteiger partial charge in [0.05, 0.1) is 5.69 Å². The molecule has 0 aliphatic rings. The molecule has 0 unspecified atom stereocenters. The molecule has 76 valence electrons. The smallest absolute Gasteiger partial charge is 1.00 e. The van der Waals surface area contributed by atoms with Crippen LogP contribution in [-0.4, -0.2) is 5.84 Å². The van der Waals surface area contributed by atoms with Crippen molar-refractivity contribution >= 4 is 11.5 Å². The first-order chi connectivity index (χ1) is 7.36. The Morgan fingerprint density at radius 2 is 1.38 bits per heavy atom. The van der Waals surface area contributed by atoms with Gasteiger partial charge in [-0.1, -0.05) is 48.5 Å². The Bertz CT molecular complexity index is 457.